The van der Waals surface area contributed by atoms with E-state index in [9.17, 15) is 0 Å². The molecule has 1 rings (SSSR count). The third-order valence-electron chi connectivity index (χ3n) is 1.77. The molecule has 0 aromatic carbocycles. The first-order chi connectivity index (χ1) is 5.84. The zero-order valence-electron chi connectivity index (χ0n) is 7.47. The number of rotatable bonds is 5. The van der Waals surface area contributed by atoms with Gasteiger partial charge in [-0.25, -0.2) is 0 Å². The normalized spacial score (nSPS) is 10.4. The minimum Gasteiger partial charge on any atom is -0.398 e. The summed E-state index contributed by atoms with van der Waals surface area (Å²) in [6.07, 6.45) is 2.48. The lowest BCUT2D eigenvalue weighted by molar-refractivity contribution is 0.646. The average Bonchev–Trinajstić information content (AvgIpc) is 2.46. The number of unbranched alkanes of at least 4 members (excludes halogenated alkanes) is 1. The largest absolute Gasteiger partial charge is 0.398 e. The second-order valence-electron chi connectivity index (χ2n) is 2.83. The standard InChI is InChI=1S/C9H16N2S/c1-2-3-5-11-7-9-8(10)4-6-12-9/h4,6,11H,2-3,5,7,10H2,1H3. The fourth-order valence-corrected chi connectivity index (χ4v) is 1.77. The Kier molecular flexibility index (Phi) is 4.11. The van der Waals surface area contributed by atoms with Crippen LogP contribution in [0, 0.1) is 0 Å². The minimum atomic E-state index is 0.920. The maximum atomic E-state index is 5.73. The molecule has 0 radical (unpaired) electrons. The third-order valence-corrected chi connectivity index (χ3v) is 2.71. The van der Waals surface area contributed by atoms with Crippen LogP contribution in [0.25, 0.3) is 0 Å². The van der Waals surface area contributed by atoms with E-state index in [1.807, 2.05) is 11.4 Å². The molecule has 1 heterocycles. The van der Waals surface area contributed by atoms with E-state index in [0.29, 0.717) is 0 Å². The van der Waals surface area contributed by atoms with Gasteiger partial charge in [0.1, 0.15) is 0 Å². The molecule has 3 heteroatoms. The highest BCUT2D eigenvalue weighted by Gasteiger charge is 1.98. The maximum absolute atomic E-state index is 5.73. The lowest BCUT2D eigenvalue weighted by Crippen LogP contribution is -2.14. The average molecular weight is 184 g/mol. The third kappa shape index (κ3) is 2.83. The number of nitrogens with one attached hydrogen (secondary N) is 1. The van der Waals surface area contributed by atoms with Crippen molar-refractivity contribution in [3.05, 3.63) is 16.3 Å². The summed E-state index contributed by atoms with van der Waals surface area (Å²) in [5.74, 6) is 0. The predicted octanol–water partition coefficient (Wildman–Crippen LogP) is 2.22. The van der Waals surface area contributed by atoms with Gasteiger partial charge in [0.05, 0.1) is 0 Å². The summed E-state index contributed by atoms with van der Waals surface area (Å²) in [6.45, 7) is 4.21. The van der Waals surface area contributed by atoms with E-state index in [1.54, 1.807) is 11.3 Å². The highest BCUT2D eigenvalue weighted by molar-refractivity contribution is 7.10. The van der Waals surface area contributed by atoms with Crippen LogP contribution in [0.15, 0.2) is 11.4 Å². The van der Waals surface area contributed by atoms with E-state index in [0.717, 1.165) is 18.8 Å². The van der Waals surface area contributed by atoms with Gasteiger partial charge in [-0.3, -0.25) is 0 Å². The van der Waals surface area contributed by atoms with E-state index in [2.05, 4.69) is 12.2 Å². The first kappa shape index (κ1) is 9.55. The van der Waals surface area contributed by atoms with Gasteiger partial charge >= 0.3 is 0 Å². The molecule has 0 atom stereocenters. The summed E-state index contributed by atoms with van der Waals surface area (Å²) in [7, 11) is 0. The van der Waals surface area contributed by atoms with Gasteiger partial charge in [0, 0.05) is 17.1 Å². The maximum Gasteiger partial charge on any atom is 0.0468 e. The molecule has 0 spiro atoms. The minimum absolute atomic E-state index is 0.920. The van der Waals surface area contributed by atoms with Crippen LogP contribution in [0.1, 0.15) is 24.6 Å². The first-order valence-corrected chi connectivity index (χ1v) is 5.25. The van der Waals surface area contributed by atoms with Crippen LogP contribution in [-0.2, 0) is 6.54 Å². The summed E-state index contributed by atoms with van der Waals surface area (Å²) in [6, 6.07) is 1.96. The summed E-state index contributed by atoms with van der Waals surface area (Å²) in [5, 5.41) is 5.39. The van der Waals surface area contributed by atoms with Crippen LogP contribution in [0.4, 0.5) is 5.69 Å². The van der Waals surface area contributed by atoms with Crippen molar-refractivity contribution in [2.75, 3.05) is 12.3 Å². The second kappa shape index (κ2) is 5.17. The molecule has 0 aliphatic rings. The summed E-state index contributed by atoms with van der Waals surface area (Å²) >= 11 is 1.72. The smallest absolute Gasteiger partial charge is 0.0468 e. The Morgan fingerprint density at radius 3 is 3.00 bits per heavy atom. The number of nitrogen functional groups attached to an aromatic ring is 1. The molecule has 0 aliphatic heterocycles. The van der Waals surface area contributed by atoms with Crippen molar-refractivity contribution in [1.82, 2.24) is 5.32 Å². The molecule has 0 saturated heterocycles. The summed E-state index contributed by atoms with van der Waals surface area (Å²) < 4.78 is 0. The molecule has 12 heavy (non-hydrogen) atoms. The number of nitrogens with two attached hydrogens (primary N) is 1. The quantitative estimate of drug-likeness (QED) is 0.689. The van der Waals surface area contributed by atoms with Gasteiger partial charge in [-0.05, 0) is 24.4 Å². The monoisotopic (exact) mass is 184 g/mol. The molecular formula is C9H16N2S. The lowest BCUT2D eigenvalue weighted by atomic mass is 10.3. The Morgan fingerprint density at radius 2 is 2.42 bits per heavy atom. The molecule has 0 amide bonds. The zero-order chi connectivity index (χ0) is 8.81. The Balaban J connectivity index is 2.20. The molecule has 1 aromatic rings. The van der Waals surface area contributed by atoms with Gasteiger partial charge in [0.15, 0.2) is 0 Å². The second-order valence-corrected chi connectivity index (χ2v) is 3.83. The Morgan fingerprint density at radius 1 is 1.58 bits per heavy atom. The topological polar surface area (TPSA) is 38.0 Å². The van der Waals surface area contributed by atoms with E-state index < -0.39 is 0 Å². The van der Waals surface area contributed by atoms with Crippen LogP contribution in [0.2, 0.25) is 0 Å². The van der Waals surface area contributed by atoms with Crippen molar-refractivity contribution in [3.8, 4) is 0 Å². The zero-order valence-corrected chi connectivity index (χ0v) is 8.29. The summed E-state index contributed by atoms with van der Waals surface area (Å²) in [5.41, 5.74) is 6.65. The molecular weight excluding hydrogens is 168 g/mol. The van der Waals surface area contributed by atoms with E-state index in [1.165, 1.54) is 17.7 Å². The van der Waals surface area contributed by atoms with Crippen molar-refractivity contribution < 1.29 is 0 Å². The highest BCUT2D eigenvalue weighted by atomic mass is 32.1. The van der Waals surface area contributed by atoms with Crippen LogP contribution in [0.3, 0.4) is 0 Å². The molecule has 0 fully saturated rings. The van der Waals surface area contributed by atoms with Gasteiger partial charge < -0.3 is 11.1 Å². The van der Waals surface area contributed by atoms with Crippen molar-refractivity contribution >= 4 is 17.0 Å². The molecule has 0 unspecified atom stereocenters. The van der Waals surface area contributed by atoms with Crippen LogP contribution < -0.4 is 11.1 Å². The van der Waals surface area contributed by atoms with Gasteiger partial charge in [-0.15, -0.1) is 11.3 Å². The van der Waals surface area contributed by atoms with E-state index in [-0.39, 0.29) is 0 Å². The molecule has 68 valence electrons. The molecule has 3 N–H and O–H groups in total. The molecule has 0 saturated carbocycles. The predicted molar refractivity (Wildman–Crippen MR) is 55.3 cm³/mol. The van der Waals surface area contributed by atoms with E-state index >= 15 is 0 Å². The summed E-state index contributed by atoms with van der Waals surface area (Å²) in [4.78, 5) is 1.26. The molecule has 2 nitrogen and oxygen atoms in total. The number of thiophene rings is 1. The molecule has 0 bridgehead atoms. The van der Waals surface area contributed by atoms with E-state index in [4.69, 9.17) is 5.73 Å². The number of anilines is 1. The fraction of sp³-hybridized carbons (Fsp3) is 0.556. The highest BCUT2D eigenvalue weighted by Crippen LogP contribution is 2.17. The molecule has 1 aromatic heterocycles. The first-order valence-electron chi connectivity index (χ1n) is 4.37. The van der Waals surface area contributed by atoms with Crippen molar-refractivity contribution in [2.45, 2.75) is 26.3 Å². The Labute approximate surface area is 77.8 Å². The van der Waals surface area contributed by atoms with Gasteiger partial charge in [0.2, 0.25) is 0 Å². The number of hydrogen-bond donors (Lipinski definition) is 2. The van der Waals surface area contributed by atoms with Gasteiger partial charge in [-0.1, -0.05) is 13.3 Å². The SMILES string of the molecule is CCCCNCc1sccc1N. The van der Waals surface area contributed by atoms with Crippen LogP contribution in [0.5, 0.6) is 0 Å². The Bertz CT molecular complexity index is 220. The Hall–Kier alpha value is -0.540. The van der Waals surface area contributed by atoms with Gasteiger partial charge in [-0.2, -0.15) is 0 Å². The van der Waals surface area contributed by atoms with Gasteiger partial charge in [0.25, 0.3) is 0 Å². The van der Waals surface area contributed by atoms with Crippen molar-refractivity contribution in [1.29, 1.82) is 0 Å². The lowest BCUT2D eigenvalue weighted by Gasteiger charge is -2.01. The van der Waals surface area contributed by atoms with Crippen molar-refractivity contribution in [2.24, 2.45) is 0 Å². The molecule has 0 aliphatic carbocycles. The fourth-order valence-electron chi connectivity index (χ4n) is 0.998. The van der Waals surface area contributed by atoms with Crippen LogP contribution >= 0.6 is 11.3 Å². The number of hydrogen-bond acceptors (Lipinski definition) is 3. The van der Waals surface area contributed by atoms with Crippen LogP contribution in [-0.4, -0.2) is 6.54 Å². The van der Waals surface area contributed by atoms with Crippen molar-refractivity contribution in [3.63, 3.8) is 0 Å².